The Labute approximate surface area is 172 Å². The van der Waals surface area contributed by atoms with Gasteiger partial charge in [-0.05, 0) is 30.2 Å². The SMILES string of the molecule is Cc1cc(N(CCO)CCO)c(OCc2ccccc2)c(N(CCO)CCO)c1. The van der Waals surface area contributed by atoms with E-state index in [0.717, 1.165) is 22.5 Å². The van der Waals surface area contributed by atoms with Gasteiger partial charge >= 0.3 is 0 Å². The number of hydrogen-bond donors (Lipinski definition) is 4. The van der Waals surface area contributed by atoms with Crippen LogP contribution in [0.25, 0.3) is 0 Å². The normalized spacial score (nSPS) is 10.8. The average Bonchev–Trinajstić information content (AvgIpc) is 2.73. The van der Waals surface area contributed by atoms with E-state index in [1.54, 1.807) is 0 Å². The van der Waals surface area contributed by atoms with Gasteiger partial charge in [0.05, 0.1) is 37.8 Å². The van der Waals surface area contributed by atoms with Crippen LogP contribution in [0.3, 0.4) is 0 Å². The number of ether oxygens (including phenoxy) is 1. The zero-order valence-corrected chi connectivity index (χ0v) is 17.0. The van der Waals surface area contributed by atoms with Crippen molar-refractivity contribution in [2.24, 2.45) is 0 Å². The van der Waals surface area contributed by atoms with E-state index in [4.69, 9.17) is 4.74 Å². The molecule has 160 valence electrons. The number of anilines is 2. The molecule has 0 spiro atoms. The van der Waals surface area contributed by atoms with Crippen molar-refractivity contribution in [1.29, 1.82) is 0 Å². The summed E-state index contributed by atoms with van der Waals surface area (Å²) in [4.78, 5) is 3.76. The molecule has 2 rings (SSSR count). The molecule has 2 aromatic rings. The van der Waals surface area contributed by atoms with Gasteiger partial charge in [-0.1, -0.05) is 30.3 Å². The number of nitrogens with zero attached hydrogens (tertiary/aromatic N) is 2. The van der Waals surface area contributed by atoms with Crippen molar-refractivity contribution in [1.82, 2.24) is 0 Å². The summed E-state index contributed by atoms with van der Waals surface area (Å²) in [6, 6.07) is 13.7. The van der Waals surface area contributed by atoms with Crippen LogP contribution in [0.2, 0.25) is 0 Å². The van der Waals surface area contributed by atoms with Crippen molar-refractivity contribution in [3.05, 3.63) is 53.6 Å². The van der Waals surface area contributed by atoms with E-state index in [1.807, 2.05) is 59.2 Å². The van der Waals surface area contributed by atoms with Crippen molar-refractivity contribution < 1.29 is 25.2 Å². The predicted octanol–water partition coefficient (Wildman–Crippen LogP) is 1.16. The number of benzene rings is 2. The number of aryl methyl sites for hydroxylation is 1. The fourth-order valence-electron chi connectivity index (χ4n) is 3.27. The highest BCUT2D eigenvalue weighted by atomic mass is 16.5. The van der Waals surface area contributed by atoms with Gasteiger partial charge in [-0.3, -0.25) is 0 Å². The third-order valence-electron chi connectivity index (χ3n) is 4.58. The first-order valence-corrected chi connectivity index (χ1v) is 9.89. The van der Waals surface area contributed by atoms with E-state index in [9.17, 15) is 20.4 Å². The molecule has 0 aliphatic rings. The van der Waals surface area contributed by atoms with Gasteiger partial charge in [0.1, 0.15) is 6.61 Å². The summed E-state index contributed by atoms with van der Waals surface area (Å²) in [5.41, 5.74) is 3.51. The van der Waals surface area contributed by atoms with Crippen molar-refractivity contribution in [3.8, 4) is 5.75 Å². The summed E-state index contributed by atoms with van der Waals surface area (Å²) < 4.78 is 6.25. The highest BCUT2D eigenvalue weighted by molar-refractivity contribution is 5.74. The lowest BCUT2D eigenvalue weighted by Gasteiger charge is -2.31. The Bertz CT molecular complexity index is 677. The molecule has 0 aliphatic carbocycles. The van der Waals surface area contributed by atoms with Gasteiger partial charge in [0.15, 0.2) is 5.75 Å². The van der Waals surface area contributed by atoms with Gasteiger partial charge in [0.2, 0.25) is 0 Å². The Morgan fingerprint density at radius 1 is 0.724 bits per heavy atom. The van der Waals surface area contributed by atoms with E-state index in [-0.39, 0.29) is 26.4 Å². The van der Waals surface area contributed by atoms with Gasteiger partial charge in [-0.2, -0.15) is 0 Å². The van der Waals surface area contributed by atoms with Crippen LogP contribution in [0.15, 0.2) is 42.5 Å². The minimum atomic E-state index is -0.0571. The maximum atomic E-state index is 9.50. The van der Waals surface area contributed by atoms with Gasteiger partial charge < -0.3 is 35.0 Å². The first-order valence-electron chi connectivity index (χ1n) is 9.89. The van der Waals surface area contributed by atoms with Gasteiger partial charge in [-0.15, -0.1) is 0 Å². The molecule has 0 bridgehead atoms. The highest BCUT2D eigenvalue weighted by Gasteiger charge is 2.21. The molecular weight excluding hydrogens is 372 g/mol. The van der Waals surface area contributed by atoms with E-state index in [0.29, 0.717) is 38.5 Å². The summed E-state index contributed by atoms with van der Waals surface area (Å²) in [7, 11) is 0. The lowest BCUT2D eigenvalue weighted by molar-refractivity contribution is 0.274. The molecule has 0 radical (unpaired) electrons. The van der Waals surface area contributed by atoms with Crippen LogP contribution in [-0.4, -0.2) is 73.0 Å². The molecule has 0 heterocycles. The number of rotatable bonds is 13. The average molecular weight is 405 g/mol. The van der Waals surface area contributed by atoms with E-state index in [2.05, 4.69) is 0 Å². The largest absolute Gasteiger partial charge is 0.485 e. The fourth-order valence-corrected chi connectivity index (χ4v) is 3.27. The summed E-state index contributed by atoms with van der Waals surface area (Å²) in [5.74, 6) is 0.600. The first-order chi connectivity index (χ1) is 14.1. The van der Waals surface area contributed by atoms with E-state index < -0.39 is 0 Å². The molecule has 0 saturated carbocycles. The molecule has 0 amide bonds. The zero-order valence-electron chi connectivity index (χ0n) is 17.0. The lowest BCUT2D eigenvalue weighted by atomic mass is 10.1. The molecule has 29 heavy (non-hydrogen) atoms. The number of hydrogen-bond acceptors (Lipinski definition) is 7. The maximum Gasteiger partial charge on any atom is 0.166 e. The molecule has 0 aliphatic heterocycles. The maximum absolute atomic E-state index is 9.50. The highest BCUT2D eigenvalue weighted by Crippen LogP contribution is 2.40. The van der Waals surface area contributed by atoms with Crippen LogP contribution in [0.1, 0.15) is 11.1 Å². The molecule has 0 atom stereocenters. The van der Waals surface area contributed by atoms with Crippen LogP contribution < -0.4 is 14.5 Å². The van der Waals surface area contributed by atoms with Crippen LogP contribution in [0.5, 0.6) is 5.75 Å². The lowest BCUT2D eigenvalue weighted by Crippen LogP contribution is -2.33. The monoisotopic (exact) mass is 404 g/mol. The van der Waals surface area contributed by atoms with Crippen molar-refractivity contribution >= 4 is 11.4 Å². The van der Waals surface area contributed by atoms with Gasteiger partial charge in [-0.25, -0.2) is 0 Å². The summed E-state index contributed by atoms with van der Waals surface area (Å²) in [6.45, 7) is 3.49. The molecule has 0 unspecified atom stereocenters. The summed E-state index contributed by atoms with van der Waals surface area (Å²) >= 11 is 0. The third-order valence-corrected chi connectivity index (χ3v) is 4.58. The Morgan fingerprint density at radius 3 is 1.59 bits per heavy atom. The Hall–Kier alpha value is -2.32. The van der Waals surface area contributed by atoms with Crippen molar-refractivity contribution in [3.63, 3.8) is 0 Å². The van der Waals surface area contributed by atoms with Crippen LogP contribution in [0.4, 0.5) is 11.4 Å². The minimum Gasteiger partial charge on any atom is -0.485 e. The van der Waals surface area contributed by atoms with E-state index in [1.165, 1.54) is 0 Å². The Morgan fingerprint density at radius 2 is 1.17 bits per heavy atom. The molecule has 7 nitrogen and oxygen atoms in total. The van der Waals surface area contributed by atoms with Crippen LogP contribution >= 0.6 is 0 Å². The zero-order chi connectivity index (χ0) is 21.1. The number of aliphatic hydroxyl groups is 4. The minimum absolute atomic E-state index is 0.0571. The Balaban J connectivity index is 2.51. The second-order valence-corrected chi connectivity index (χ2v) is 6.78. The van der Waals surface area contributed by atoms with Crippen LogP contribution in [-0.2, 0) is 6.61 Å². The molecule has 2 aromatic carbocycles. The summed E-state index contributed by atoms with van der Waals surface area (Å²) in [5, 5.41) is 38.0. The molecular formula is C22H32N2O5. The second kappa shape index (κ2) is 12.3. The number of aliphatic hydroxyl groups excluding tert-OH is 4. The molecule has 0 aromatic heterocycles. The van der Waals surface area contributed by atoms with E-state index >= 15 is 0 Å². The van der Waals surface area contributed by atoms with Gasteiger partial charge in [0, 0.05) is 26.2 Å². The molecule has 4 N–H and O–H groups in total. The molecule has 0 fully saturated rings. The standard InChI is InChI=1S/C22H32N2O5/c1-18-15-20(23(7-11-25)8-12-26)22(29-17-19-5-3-2-4-6-19)21(16-18)24(9-13-27)10-14-28/h2-6,15-16,25-28H,7-14,17H2,1H3. The Kier molecular flexibility index (Phi) is 9.73. The molecule has 7 heteroatoms. The quantitative estimate of drug-likeness (QED) is 0.398. The third kappa shape index (κ3) is 6.61. The molecule has 0 saturated heterocycles. The van der Waals surface area contributed by atoms with Crippen molar-refractivity contribution in [2.45, 2.75) is 13.5 Å². The summed E-state index contributed by atoms with van der Waals surface area (Å²) in [6.07, 6.45) is 0. The van der Waals surface area contributed by atoms with Crippen molar-refractivity contribution in [2.75, 3.05) is 62.4 Å². The first kappa shape index (κ1) is 23.0. The smallest absolute Gasteiger partial charge is 0.166 e. The van der Waals surface area contributed by atoms with Crippen LogP contribution in [0, 0.1) is 6.92 Å². The fraction of sp³-hybridized carbons (Fsp3) is 0.455. The topological polar surface area (TPSA) is 96.6 Å². The predicted molar refractivity (Wildman–Crippen MR) is 115 cm³/mol. The second-order valence-electron chi connectivity index (χ2n) is 6.78. The van der Waals surface area contributed by atoms with Gasteiger partial charge in [0.25, 0.3) is 0 Å².